The van der Waals surface area contributed by atoms with Crippen LogP contribution < -0.4 is 0 Å². The Kier molecular flexibility index (Phi) is 4.46. The SMILES string of the molecule is Cc1noc(C)c1CCC(=O)N1CCC[C@@H]1c1cccc(F)c1. The van der Waals surface area contributed by atoms with E-state index >= 15 is 0 Å². The van der Waals surface area contributed by atoms with Crippen LogP contribution in [0.2, 0.25) is 0 Å². The summed E-state index contributed by atoms with van der Waals surface area (Å²) in [6.07, 6.45) is 2.90. The number of benzene rings is 1. The van der Waals surface area contributed by atoms with Gasteiger partial charge >= 0.3 is 0 Å². The van der Waals surface area contributed by atoms with Crippen LogP contribution in [0.4, 0.5) is 4.39 Å². The number of nitrogens with zero attached hydrogens (tertiary/aromatic N) is 2. The van der Waals surface area contributed by atoms with E-state index in [0.717, 1.165) is 42.0 Å². The van der Waals surface area contributed by atoms with Crippen molar-refractivity contribution in [3.05, 3.63) is 52.7 Å². The first-order valence-corrected chi connectivity index (χ1v) is 8.03. The monoisotopic (exact) mass is 316 g/mol. The Morgan fingerprint density at radius 2 is 2.26 bits per heavy atom. The predicted octanol–water partition coefficient (Wildman–Crippen LogP) is 3.73. The third-order valence-corrected chi connectivity index (χ3v) is 4.58. The molecule has 0 bridgehead atoms. The molecule has 0 N–H and O–H groups in total. The average molecular weight is 316 g/mol. The van der Waals surface area contributed by atoms with Gasteiger partial charge < -0.3 is 9.42 Å². The Labute approximate surface area is 135 Å². The highest BCUT2D eigenvalue weighted by Crippen LogP contribution is 2.33. The molecule has 3 rings (SSSR count). The Morgan fingerprint density at radius 1 is 1.43 bits per heavy atom. The van der Waals surface area contributed by atoms with E-state index in [1.165, 1.54) is 12.1 Å². The maximum Gasteiger partial charge on any atom is 0.223 e. The smallest absolute Gasteiger partial charge is 0.223 e. The van der Waals surface area contributed by atoms with Crippen molar-refractivity contribution in [2.24, 2.45) is 0 Å². The van der Waals surface area contributed by atoms with Crippen LogP contribution >= 0.6 is 0 Å². The predicted molar refractivity (Wildman–Crippen MR) is 84.4 cm³/mol. The zero-order valence-corrected chi connectivity index (χ0v) is 13.5. The average Bonchev–Trinajstić information content (AvgIpc) is 3.13. The van der Waals surface area contributed by atoms with Crippen LogP contribution in [0.15, 0.2) is 28.8 Å². The van der Waals surface area contributed by atoms with Gasteiger partial charge in [0.15, 0.2) is 0 Å². The van der Waals surface area contributed by atoms with E-state index in [2.05, 4.69) is 5.16 Å². The second-order valence-electron chi connectivity index (χ2n) is 6.10. The number of amides is 1. The van der Waals surface area contributed by atoms with Gasteiger partial charge in [0.25, 0.3) is 0 Å². The minimum Gasteiger partial charge on any atom is -0.361 e. The van der Waals surface area contributed by atoms with Crippen LogP contribution in [0.3, 0.4) is 0 Å². The number of aromatic nitrogens is 1. The first-order chi connectivity index (χ1) is 11.1. The fourth-order valence-corrected chi connectivity index (χ4v) is 3.36. The number of rotatable bonds is 4. The van der Waals surface area contributed by atoms with Crippen molar-refractivity contribution in [1.82, 2.24) is 10.1 Å². The van der Waals surface area contributed by atoms with Crippen molar-refractivity contribution in [1.29, 1.82) is 0 Å². The zero-order chi connectivity index (χ0) is 16.4. The summed E-state index contributed by atoms with van der Waals surface area (Å²) >= 11 is 0. The number of hydrogen-bond acceptors (Lipinski definition) is 3. The lowest BCUT2D eigenvalue weighted by molar-refractivity contribution is -0.132. The molecule has 0 radical (unpaired) electrons. The Balaban J connectivity index is 1.69. The van der Waals surface area contributed by atoms with Gasteiger partial charge in [-0.15, -0.1) is 0 Å². The Morgan fingerprint density at radius 3 is 2.96 bits per heavy atom. The van der Waals surface area contributed by atoms with Crippen molar-refractivity contribution in [3.8, 4) is 0 Å². The van der Waals surface area contributed by atoms with Crippen molar-refractivity contribution < 1.29 is 13.7 Å². The van der Waals surface area contributed by atoms with Gasteiger partial charge in [-0.3, -0.25) is 4.79 Å². The Bertz CT molecular complexity index is 691. The molecule has 1 atom stereocenters. The van der Waals surface area contributed by atoms with Gasteiger partial charge in [0.1, 0.15) is 11.6 Å². The molecule has 0 aliphatic carbocycles. The number of aryl methyl sites for hydroxylation is 2. The molecule has 0 unspecified atom stereocenters. The van der Waals surface area contributed by atoms with Crippen molar-refractivity contribution >= 4 is 5.91 Å². The maximum atomic E-state index is 13.5. The molecule has 23 heavy (non-hydrogen) atoms. The number of carbonyl (C=O) groups excluding carboxylic acids is 1. The fraction of sp³-hybridized carbons (Fsp3) is 0.444. The van der Waals surface area contributed by atoms with E-state index in [1.807, 2.05) is 24.8 Å². The van der Waals surface area contributed by atoms with E-state index in [1.54, 1.807) is 6.07 Å². The van der Waals surface area contributed by atoms with Gasteiger partial charge in [0.2, 0.25) is 5.91 Å². The van der Waals surface area contributed by atoms with Gasteiger partial charge in [-0.05, 0) is 50.8 Å². The fourth-order valence-electron chi connectivity index (χ4n) is 3.36. The molecule has 1 amide bonds. The van der Waals surface area contributed by atoms with E-state index in [9.17, 15) is 9.18 Å². The molecule has 4 nitrogen and oxygen atoms in total. The van der Waals surface area contributed by atoms with Crippen LogP contribution in [-0.4, -0.2) is 22.5 Å². The summed E-state index contributed by atoms with van der Waals surface area (Å²) in [5, 5.41) is 3.92. The molecule has 0 saturated carbocycles. The third-order valence-electron chi connectivity index (χ3n) is 4.58. The van der Waals surface area contributed by atoms with Crippen molar-refractivity contribution in [2.75, 3.05) is 6.54 Å². The van der Waals surface area contributed by atoms with E-state index in [-0.39, 0.29) is 17.8 Å². The summed E-state index contributed by atoms with van der Waals surface area (Å²) in [6.45, 7) is 4.49. The van der Waals surface area contributed by atoms with Crippen LogP contribution in [-0.2, 0) is 11.2 Å². The zero-order valence-electron chi connectivity index (χ0n) is 13.5. The Hall–Kier alpha value is -2.17. The van der Waals surface area contributed by atoms with E-state index < -0.39 is 0 Å². The van der Waals surface area contributed by atoms with Gasteiger partial charge in [0.05, 0.1) is 11.7 Å². The molecule has 1 aliphatic rings. The summed E-state index contributed by atoms with van der Waals surface area (Å²) in [6, 6.07) is 6.55. The number of hydrogen-bond donors (Lipinski definition) is 0. The highest BCUT2D eigenvalue weighted by molar-refractivity contribution is 5.77. The maximum absolute atomic E-state index is 13.5. The molecule has 1 fully saturated rings. The van der Waals surface area contributed by atoms with Gasteiger partial charge in [-0.25, -0.2) is 4.39 Å². The van der Waals surface area contributed by atoms with Crippen molar-refractivity contribution in [3.63, 3.8) is 0 Å². The lowest BCUT2D eigenvalue weighted by Gasteiger charge is -2.25. The van der Waals surface area contributed by atoms with Crippen LogP contribution in [0.5, 0.6) is 0 Å². The quantitative estimate of drug-likeness (QED) is 0.863. The first kappa shape index (κ1) is 15.7. The number of likely N-dealkylation sites (tertiary alicyclic amines) is 1. The molecule has 1 aromatic heterocycles. The summed E-state index contributed by atoms with van der Waals surface area (Å²) < 4.78 is 18.6. The standard InChI is InChI=1S/C18H21FN2O2/c1-12-16(13(2)23-20-12)8-9-18(22)21-10-4-7-17(21)14-5-3-6-15(19)11-14/h3,5-6,11,17H,4,7-10H2,1-2H3/t17-/m1/s1. The lowest BCUT2D eigenvalue weighted by Crippen LogP contribution is -2.30. The van der Waals surface area contributed by atoms with E-state index in [0.29, 0.717) is 12.8 Å². The van der Waals surface area contributed by atoms with Crippen molar-refractivity contribution in [2.45, 2.75) is 45.6 Å². The molecule has 122 valence electrons. The largest absolute Gasteiger partial charge is 0.361 e. The minimum absolute atomic E-state index is 0.0112. The molecule has 0 spiro atoms. The molecule has 2 aromatic rings. The minimum atomic E-state index is -0.252. The summed E-state index contributed by atoms with van der Waals surface area (Å²) in [5.74, 6) is 0.632. The van der Waals surface area contributed by atoms with Gasteiger partial charge in [-0.2, -0.15) is 0 Å². The van der Waals surface area contributed by atoms with Gasteiger partial charge in [-0.1, -0.05) is 17.3 Å². The highest BCUT2D eigenvalue weighted by Gasteiger charge is 2.30. The first-order valence-electron chi connectivity index (χ1n) is 8.03. The molecule has 1 aromatic carbocycles. The molecular weight excluding hydrogens is 295 g/mol. The van der Waals surface area contributed by atoms with Crippen LogP contribution in [0.1, 0.15) is 47.9 Å². The topological polar surface area (TPSA) is 46.3 Å². The summed E-state index contributed by atoms with van der Waals surface area (Å²) in [7, 11) is 0. The second-order valence-corrected chi connectivity index (χ2v) is 6.10. The second kappa shape index (κ2) is 6.52. The summed E-state index contributed by atoms with van der Waals surface area (Å²) in [4.78, 5) is 14.5. The highest BCUT2D eigenvalue weighted by atomic mass is 19.1. The molecule has 1 saturated heterocycles. The van der Waals surface area contributed by atoms with Gasteiger partial charge in [0, 0.05) is 18.5 Å². The number of halogens is 1. The molecule has 5 heteroatoms. The number of carbonyl (C=O) groups is 1. The molecule has 1 aliphatic heterocycles. The van der Waals surface area contributed by atoms with E-state index in [4.69, 9.17) is 4.52 Å². The van der Waals surface area contributed by atoms with Crippen LogP contribution in [0, 0.1) is 19.7 Å². The summed E-state index contributed by atoms with van der Waals surface area (Å²) in [5.41, 5.74) is 2.74. The molecule has 2 heterocycles. The normalized spacial score (nSPS) is 17.7. The third kappa shape index (κ3) is 3.28. The van der Waals surface area contributed by atoms with Crippen LogP contribution in [0.25, 0.3) is 0 Å². The molecular formula is C18H21FN2O2. The lowest BCUT2D eigenvalue weighted by atomic mass is 10.0.